The van der Waals surface area contributed by atoms with E-state index in [1.165, 1.54) is 7.11 Å². The quantitative estimate of drug-likeness (QED) is 0.637. The topological polar surface area (TPSA) is 106 Å². The average molecular weight is 467 g/mol. The summed E-state index contributed by atoms with van der Waals surface area (Å²) >= 11 is 6.22. The van der Waals surface area contributed by atoms with E-state index in [2.05, 4.69) is 10.2 Å². The largest absolute Gasteiger partial charge is 0.492 e. The van der Waals surface area contributed by atoms with Crippen LogP contribution < -0.4 is 15.8 Å². The SMILES string of the molecule is COC(=O)N1CCC(CN2CCOC(CNC(=O)c3cc(Cl)c(N)c4c3OCC4)C2)CC1. The molecule has 0 radical (unpaired) electrons. The predicted molar refractivity (Wildman–Crippen MR) is 120 cm³/mol. The zero-order valence-corrected chi connectivity index (χ0v) is 19.2. The second kappa shape index (κ2) is 10.1. The third-order valence-electron chi connectivity index (χ3n) is 6.49. The molecule has 1 aromatic rings. The van der Waals surface area contributed by atoms with Gasteiger partial charge in [0.05, 0.1) is 42.7 Å². The van der Waals surface area contributed by atoms with Crippen molar-refractivity contribution < 1.29 is 23.8 Å². The number of ether oxygens (including phenoxy) is 3. The molecule has 10 heteroatoms. The molecule has 2 amide bonds. The molecule has 0 aromatic heterocycles. The van der Waals surface area contributed by atoms with Crippen molar-refractivity contribution in [1.82, 2.24) is 15.1 Å². The summed E-state index contributed by atoms with van der Waals surface area (Å²) < 4.78 is 16.3. The van der Waals surface area contributed by atoms with Crippen LogP contribution in [-0.2, 0) is 15.9 Å². The summed E-state index contributed by atoms with van der Waals surface area (Å²) in [7, 11) is 1.42. The smallest absolute Gasteiger partial charge is 0.409 e. The number of hydrogen-bond donors (Lipinski definition) is 2. The number of nitrogens with two attached hydrogens (primary N) is 1. The minimum Gasteiger partial charge on any atom is -0.492 e. The first-order chi connectivity index (χ1) is 15.5. The van der Waals surface area contributed by atoms with Gasteiger partial charge < -0.3 is 30.2 Å². The van der Waals surface area contributed by atoms with Crippen molar-refractivity contribution in [3.8, 4) is 5.75 Å². The number of anilines is 1. The van der Waals surface area contributed by atoms with Crippen LogP contribution in [0.5, 0.6) is 5.75 Å². The Balaban J connectivity index is 1.26. The van der Waals surface area contributed by atoms with Crippen LogP contribution in [0, 0.1) is 5.92 Å². The van der Waals surface area contributed by atoms with Gasteiger partial charge in [-0.15, -0.1) is 0 Å². The van der Waals surface area contributed by atoms with Gasteiger partial charge in [0, 0.05) is 51.3 Å². The molecule has 3 N–H and O–H groups in total. The standard InChI is InChI=1S/C22H31ClN4O5/c1-30-22(29)27-5-2-14(3-6-27)12-26-7-9-31-15(13-26)11-25-21(28)17-10-18(23)19(24)16-4-8-32-20(16)17/h10,14-15H,2-9,11-13,24H2,1H3,(H,25,28). The Labute approximate surface area is 193 Å². The number of nitrogens with one attached hydrogen (secondary N) is 1. The second-order valence-corrected chi connectivity index (χ2v) is 9.00. The van der Waals surface area contributed by atoms with E-state index in [0.29, 0.717) is 54.1 Å². The molecule has 3 aliphatic rings. The van der Waals surface area contributed by atoms with Gasteiger partial charge in [-0.05, 0) is 24.8 Å². The van der Waals surface area contributed by atoms with Gasteiger partial charge in [0.1, 0.15) is 5.75 Å². The number of carbonyl (C=O) groups is 2. The maximum Gasteiger partial charge on any atom is 0.409 e. The number of carbonyl (C=O) groups excluding carboxylic acids is 2. The Morgan fingerprint density at radius 3 is 2.81 bits per heavy atom. The van der Waals surface area contributed by atoms with Gasteiger partial charge in [-0.2, -0.15) is 0 Å². The number of amides is 2. The number of morpholine rings is 1. The van der Waals surface area contributed by atoms with Crippen LogP contribution in [-0.4, -0.2) is 87.5 Å². The van der Waals surface area contributed by atoms with E-state index in [1.54, 1.807) is 11.0 Å². The lowest BCUT2D eigenvalue weighted by Crippen LogP contribution is -2.50. The normalized spacial score (nSPS) is 21.7. The van der Waals surface area contributed by atoms with Crippen LogP contribution in [0.4, 0.5) is 10.5 Å². The number of rotatable bonds is 5. The molecule has 3 heterocycles. The Morgan fingerprint density at radius 2 is 2.06 bits per heavy atom. The van der Waals surface area contributed by atoms with Gasteiger partial charge >= 0.3 is 6.09 Å². The molecular weight excluding hydrogens is 436 g/mol. The molecule has 1 unspecified atom stereocenters. The van der Waals surface area contributed by atoms with E-state index < -0.39 is 0 Å². The van der Waals surface area contributed by atoms with Gasteiger partial charge in [0.2, 0.25) is 0 Å². The van der Waals surface area contributed by atoms with Crippen LogP contribution in [0.2, 0.25) is 5.02 Å². The molecule has 3 aliphatic heterocycles. The lowest BCUT2D eigenvalue weighted by atomic mass is 9.96. The van der Waals surface area contributed by atoms with E-state index in [1.807, 2.05) is 0 Å². The fourth-order valence-electron chi connectivity index (χ4n) is 4.70. The second-order valence-electron chi connectivity index (χ2n) is 8.59. The first-order valence-corrected chi connectivity index (χ1v) is 11.5. The predicted octanol–water partition coefficient (Wildman–Crippen LogP) is 1.77. The lowest BCUT2D eigenvalue weighted by Gasteiger charge is -2.37. The van der Waals surface area contributed by atoms with Crippen molar-refractivity contribution in [3.63, 3.8) is 0 Å². The average Bonchev–Trinajstić information content (AvgIpc) is 3.30. The molecule has 0 bridgehead atoms. The number of benzene rings is 1. The molecule has 4 rings (SSSR count). The monoisotopic (exact) mass is 466 g/mol. The van der Waals surface area contributed by atoms with Crippen molar-refractivity contribution in [1.29, 1.82) is 0 Å². The van der Waals surface area contributed by atoms with Gasteiger partial charge in [0.25, 0.3) is 5.91 Å². The summed E-state index contributed by atoms with van der Waals surface area (Å²) in [5.74, 6) is 0.843. The number of piperidine rings is 1. The Hall–Kier alpha value is -2.23. The number of hydrogen-bond acceptors (Lipinski definition) is 7. The minimum absolute atomic E-state index is 0.0823. The van der Waals surface area contributed by atoms with Crippen LogP contribution in [0.25, 0.3) is 0 Å². The van der Waals surface area contributed by atoms with Gasteiger partial charge in [-0.25, -0.2) is 4.79 Å². The molecular formula is C22H31ClN4O5. The highest BCUT2D eigenvalue weighted by atomic mass is 35.5. The summed E-state index contributed by atoms with van der Waals surface area (Å²) in [4.78, 5) is 28.6. The van der Waals surface area contributed by atoms with E-state index >= 15 is 0 Å². The van der Waals surface area contributed by atoms with Gasteiger partial charge in [0.15, 0.2) is 0 Å². The highest BCUT2D eigenvalue weighted by molar-refractivity contribution is 6.33. The van der Waals surface area contributed by atoms with Crippen molar-refractivity contribution in [2.45, 2.75) is 25.4 Å². The third kappa shape index (κ3) is 5.05. The molecule has 176 valence electrons. The van der Waals surface area contributed by atoms with Crippen LogP contribution in [0.3, 0.4) is 0 Å². The number of halogens is 1. The van der Waals surface area contributed by atoms with Crippen molar-refractivity contribution in [2.75, 3.05) is 65.3 Å². The molecule has 0 spiro atoms. The molecule has 2 saturated heterocycles. The van der Waals surface area contributed by atoms with Crippen LogP contribution >= 0.6 is 11.6 Å². The maximum absolute atomic E-state index is 12.8. The van der Waals surface area contributed by atoms with Crippen molar-refractivity contribution in [2.24, 2.45) is 5.92 Å². The fourth-order valence-corrected chi connectivity index (χ4v) is 4.92. The first kappa shape index (κ1) is 22.9. The van der Waals surface area contributed by atoms with E-state index in [4.69, 9.17) is 31.5 Å². The number of likely N-dealkylation sites (tertiary alicyclic amines) is 1. The van der Waals surface area contributed by atoms with E-state index in [0.717, 1.165) is 51.1 Å². The maximum atomic E-state index is 12.8. The Bertz CT molecular complexity index is 859. The molecule has 0 saturated carbocycles. The molecule has 9 nitrogen and oxygen atoms in total. The van der Waals surface area contributed by atoms with Crippen molar-refractivity contribution >= 4 is 29.3 Å². The summed E-state index contributed by atoms with van der Waals surface area (Å²) in [6.07, 6.45) is 2.26. The number of fused-ring (bicyclic) bond motifs is 1. The fraction of sp³-hybridized carbons (Fsp3) is 0.636. The number of nitrogens with zero attached hydrogens (tertiary/aromatic N) is 2. The zero-order chi connectivity index (χ0) is 22.7. The van der Waals surface area contributed by atoms with Gasteiger partial charge in [-0.3, -0.25) is 9.69 Å². The number of nitrogen functional groups attached to an aromatic ring is 1. The zero-order valence-electron chi connectivity index (χ0n) is 18.4. The molecule has 0 aliphatic carbocycles. The summed E-state index contributed by atoms with van der Waals surface area (Å²) in [6, 6.07) is 1.57. The summed E-state index contributed by atoms with van der Waals surface area (Å²) in [5.41, 5.74) is 7.73. The number of methoxy groups -OCH3 is 1. The van der Waals surface area contributed by atoms with Crippen LogP contribution in [0.1, 0.15) is 28.8 Å². The van der Waals surface area contributed by atoms with Crippen LogP contribution in [0.15, 0.2) is 6.07 Å². The molecule has 1 aromatic carbocycles. The molecule has 2 fully saturated rings. The highest BCUT2D eigenvalue weighted by Gasteiger charge is 2.29. The Morgan fingerprint density at radius 1 is 1.28 bits per heavy atom. The van der Waals surface area contributed by atoms with Crippen molar-refractivity contribution in [3.05, 3.63) is 22.2 Å². The molecule has 32 heavy (non-hydrogen) atoms. The minimum atomic E-state index is -0.246. The third-order valence-corrected chi connectivity index (χ3v) is 6.80. The highest BCUT2D eigenvalue weighted by Crippen LogP contribution is 2.38. The lowest BCUT2D eigenvalue weighted by molar-refractivity contribution is -0.0333. The molecule has 1 atom stereocenters. The summed E-state index contributed by atoms with van der Waals surface area (Å²) in [5, 5.41) is 3.34. The first-order valence-electron chi connectivity index (χ1n) is 11.1. The van der Waals surface area contributed by atoms with E-state index in [-0.39, 0.29) is 18.1 Å². The Kier molecular flexibility index (Phi) is 7.27. The van der Waals surface area contributed by atoms with E-state index in [9.17, 15) is 9.59 Å². The summed E-state index contributed by atoms with van der Waals surface area (Å²) in [6.45, 7) is 5.61. The van der Waals surface area contributed by atoms with Gasteiger partial charge in [-0.1, -0.05) is 11.6 Å².